The highest BCUT2D eigenvalue weighted by Crippen LogP contribution is 2.29. The van der Waals surface area contributed by atoms with Crippen molar-refractivity contribution >= 4 is 46.3 Å². The van der Waals surface area contributed by atoms with Gasteiger partial charge < -0.3 is 15.4 Å². The van der Waals surface area contributed by atoms with Crippen molar-refractivity contribution in [1.29, 1.82) is 0 Å². The van der Waals surface area contributed by atoms with E-state index in [1.165, 1.54) is 16.2 Å². The van der Waals surface area contributed by atoms with E-state index in [2.05, 4.69) is 10.6 Å². The molecule has 1 fully saturated rings. The first kappa shape index (κ1) is 24.9. The van der Waals surface area contributed by atoms with Crippen molar-refractivity contribution in [1.82, 2.24) is 10.6 Å². The molecule has 2 N–H and O–H groups in total. The van der Waals surface area contributed by atoms with Crippen LogP contribution >= 0.6 is 22.9 Å². The van der Waals surface area contributed by atoms with Gasteiger partial charge in [0, 0.05) is 23.9 Å². The molecule has 7 nitrogen and oxygen atoms in total. The Labute approximate surface area is 213 Å². The standard InChI is InChI=1S/C26H26ClN3O4S/c27-19-10-12-20(13-11-19)30(23(31)17-29-25(32)22-9-5-15-35-22)24(18-6-2-1-3-7-18)26(33)28-16-21-8-4-14-34-21/h1-3,5-7,9-13,15,21,24H,4,8,14,16-17H2,(H,28,33)(H,29,32). The van der Waals surface area contributed by atoms with E-state index in [0.717, 1.165) is 12.8 Å². The Kier molecular flexibility index (Phi) is 8.52. The van der Waals surface area contributed by atoms with Crippen molar-refractivity contribution in [3.05, 3.63) is 87.6 Å². The van der Waals surface area contributed by atoms with Crippen LogP contribution in [-0.4, -0.2) is 43.5 Å². The second-order valence-corrected chi connectivity index (χ2v) is 9.48. The molecule has 1 aliphatic rings. The first-order valence-electron chi connectivity index (χ1n) is 11.4. The molecule has 2 atom stereocenters. The molecule has 1 aromatic heterocycles. The molecule has 1 aliphatic heterocycles. The SMILES string of the molecule is O=C(NCC(=O)N(c1ccc(Cl)cc1)C(C(=O)NCC1CCCO1)c1ccccc1)c1cccs1. The Bertz CT molecular complexity index is 1130. The van der Waals surface area contributed by atoms with E-state index < -0.39 is 11.9 Å². The Balaban J connectivity index is 1.62. The quantitative estimate of drug-likeness (QED) is 0.450. The predicted molar refractivity (Wildman–Crippen MR) is 137 cm³/mol. The van der Waals surface area contributed by atoms with Gasteiger partial charge in [0.15, 0.2) is 0 Å². The van der Waals surface area contributed by atoms with Gasteiger partial charge in [0.1, 0.15) is 6.04 Å². The summed E-state index contributed by atoms with van der Waals surface area (Å²) in [7, 11) is 0. The summed E-state index contributed by atoms with van der Waals surface area (Å²) in [4.78, 5) is 41.5. The van der Waals surface area contributed by atoms with Crippen LogP contribution in [-0.2, 0) is 14.3 Å². The number of amides is 3. The first-order valence-corrected chi connectivity index (χ1v) is 12.6. The number of thiophene rings is 1. The molecular weight excluding hydrogens is 486 g/mol. The van der Waals surface area contributed by atoms with E-state index in [9.17, 15) is 14.4 Å². The number of nitrogens with one attached hydrogen (secondary N) is 2. The summed E-state index contributed by atoms with van der Waals surface area (Å²) in [6, 6.07) is 18.3. The van der Waals surface area contributed by atoms with Crippen molar-refractivity contribution in [3.8, 4) is 0 Å². The summed E-state index contributed by atoms with van der Waals surface area (Å²) in [6.45, 7) is 0.767. The highest BCUT2D eigenvalue weighted by Gasteiger charge is 2.33. The fourth-order valence-corrected chi connectivity index (χ4v) is 4.71. The van der Waals surface area contributed by atoms with Crippen molar-refractivity contribution in [2.75, 3.05) is 24.6 Å². The van der Waals surface area contributed by atoms with Gasteiger partial charge in [-0.15, -0.1) is 11.3 Å². The molecule has 35 heavy (non-hydrogen) atoms. The van der Waals surface area contributed by atoms with Gasteiger partial charge in [0.05, 0.1) is 17.5 Å². The van der Waals surface area contributed by atoms with Crippen LogP contribution in [0.25, 0.3) is 0 Å². The zero-order valence-corrected chi connectivity index (χ0v) is 20.6. The predicted octanol–water partition coefficient (Wildman–Crippen LogP) is 4.20. The fraction of sp³-hybridized carbons (Fsp3) is 0.269. The number of ether oxygens (including phenoxy) is 1. The van der Waals surface area contributed by atoms with Gasteiger partial charge in [0.2, 0.25) is 11.8 Å². The van der Waals surface area contributed by atoms with Crippen molar-refractivity contribution in [2.24, 2.45) is 0 Å². The molecule has 9 heteroatoms. The maximum absolute atomic E-state index is 13.6. The lowest BCUT2D eigenvalue weighted by atomic mass is 10.0. The highest BCUT2D eigenvalue weighted by atomic mass is 35.5. The molecule has 3 aromatic rings. The molecule has 0 saturated carbocycles. The number of hydrogen-bond acceptors (Lipinski definition) is 5. The number of hydrogen-bond donors (Lipinski definition) is 2. The molecule has 2 aromatic carbocycles. The van der Waals surface area contributed by atoms with Gasteiger partial charge in [-0.25, -0.2) is 0 Å². The molecule has 2 heterocycles. The van der Waals surface area contributed by atoms with Crippen LogP contribution in [0.1, 0.15) is 34.1 Å². The summed E-state index contributed by atoms with van der Waals surface area (Å²) in [6.07, 6.45) is 1.80. The minimum absolute atomic E-state index is 0.0415. The number of halogens is 1. The Morgan fingerprint density at radius 2 is 1.80 bits per heavy atom. The van der Waals surface area contributed by atoms with E-state index in [-0.39, 0.29) is 24.5 Å². The topological polar surface area (TPSA) is 87.7 Å². The third kappa shape index (κ3) is 6.48. The summed E-state index contributed by atoms with van der Waals surface area (Å²) in [5.74, 6) is -1.11. The third-order valence-electron chi connectivity index (χ3n) is 5.67. The first-order chi connectivity index (χ1) is 17.0. The Morgan fingerprint density at radius 3 is 2.46 bits per heavy atom. The van der Waals surface area contributed by atoms with Gasteiger partial charge in [-0.3, -0.25) is 19.3 Å². The fourth-order valence-electron chi connectivity index (χ4n) is 3.94. The van der Waals surface area contributed by atoms with E-state index in [1.54, 1.807) is 53.9 Å². The van der Waals surface area contributed by atoms with Gasteiger partial charge in [0.25, 0.3) is 5.91 Å². The number of carbonyl (C=O) groups excluding carboxylic acids is 3. The normalized spacial score (nSPS) is 15.9. The molecule has 3 amide bonds. The van der Waals surface area contributed by atoms with Gasteiger partial charge >= 0.3 is 0 Å². The van der Waals surface area contributed by atoms with Crippen LogP contribution in [0.5, 0.6) is 0 Å². The summed E-state index contributed by atoms with van der Waals surface area (Å²) in [5.41, 5.74) is 1.14. The molecule has 0 spiro atoms. The van der Waals surface area contributed by atoms with E-state index in [0.29, 0.717) is 34.3 Å². The largest absolute Gasteiger partial charge is 0.376 e. The maximum Gasteiger partial charge on any atom is 0.261 e. The van der Waals surface area contributed by atoms with E-state index in [1.807, 2.05) is 18.2 Å². The molecule has 0 aliphatic carbocycles. The van der Waals surface area contributed by atoms with Crippen LogP contribution in [0.2, 0.25) is 5.02 Å². The van der Waals surface area contributed by atoms with Gasteiger partial charge in [-0.05, 0) is 54.1 Å². The average molecular weight is 512 g/mol. The van der Waals surface area contributed by atoms with Crippen molar-refractivity contribution in [3.63, 3.8) is 0 Å². The van der Waals surface area contributed by atoms with Gasteiger partial charge in [-0.1, -0.05) is 48.0 Å². The molecule has 0 radical (unpaired) electrons. The van der Waals surface area contributed by atoms with Crippen LogP contribution in [0, 0.1) is 0 Å². The summed E-state index contributed by atoms with van der Waals surface area (Å²) < 4.78 is 5.64. The van der Waals surface area contributed by atoms with Crippen molar-refractivity contribution in [2.45, 2.75) is 25.0 Å². The zero-order chi connectivity index (χ0) is 24.6. The molecule has 0 bridgehead atoms. The van der Waals surface area contributed by atoms with Crippen LogP contribution in [0.15, 0.2) is 72.1 Å². The minimum Gasteiger partial charge on any atom is -0.376 e. The van der Waals surface area contributed by atoms with E-state index >= 15 is 0 Å². The minimum atomic E-state index is -0.954. The number of carbonyl (C=O) groups is 3. The third-order valence-corrected chi connectivity index (χ3v) is 6.79. The molecule has 2 unspecified atom stereocenters. The average Bonchev–Trinajstić information content (AvgIpc) is 3.60. The molecule has 4 rings (SSSR count). The maximum atomic E-state index is 13.6. The van der Waals surface area contributed by atoms with E-state index in [4.69, 9.17) is 16.3 Å². The number of benzene rings is 2. The number of anilines is 1. The zero-order valence-electron chi connectivity index (χ0n) is 19.0. The van der Waals surface area contributed by atoms with Crippen molar-refractivity contribution < 1.29 is 19.1 Å². The number of nitrogens with zero attached hydrogens (tertiary/aromatic N) is 1. The lowest BCUT2D eigenvalue weighted by molar-refractivity contribution is -0.126. The molecule has 182 valence electrons. The molecule has 1 saturated heterocycles. The van der Waals surface area contributed by atoms with Gasteiger partial charge in [-0.2, -0.15) is 0 Å². The Morgan fingerprint density at radius 1 is 1.03 bits per heavy atom. The lowest BCUT2D eigenvalue weighted by Gasteiger charge is -2.32. The smallest absolute Gasteiger partial charge is 0.261 e. The lowest BCUT2D eigenvalue weighted by Crippen LogP contribution is -2.48. The van der Waals surface area contributed by atoms with Crippen LogP contribution < -0.4 is 15.5 Å². The number of rotatable bonds is 9. The summed E-state index contributed by atoms with van der Waals surface area (Å²) >= 11 is 7.37. The second kappa shape index (κ2) is 12.0. The van der Waals surface area contributed by atoms with Crippen LogP contribution in [0.4, 0.5) is 5.69 Å². The molecular formula is C26H26ClN3O4S. The monoisotopic (exact) mass is 511 g/mol. The highest BCUT2D eigenvalue weighted by molar-refractivity contribution is 7.12. The Hall–Kier alpha value is -3.20. The summed E-state index contributed by atoms with van der Waals surface area (Å²) in [5, 5.41) is 7.93. The second-order valence-electron chi connectivity index (χ2n) is 8.09. The van der Waals surface area contributed by atoms with Crippen LogP contribution in [0.3, 0.4) is 0 Å².